The molecule has 170 valence electrons. The topological polar surface area (TPSA) is 62.3 Å². The van der Waals surface area contributed by atoms with Crippen LogP contribution in [0.1, 0.15) is 27.8 Å². The molecule has 33 heavy (non-hydrogen) atoms. The van der Waals surface area contributed by atoms with Gasteiger partial charge in [0, 0.05) is 22.1 Å². The Morgan fingerprint density at radius 1 is 1.06 bits per heavy atom. The highest BCUT2D eigenvalue weighted by Gasteiger charge is 2.36. The van der Waals surface area contributed by atoms with E-state index in [2.05, 4.69) is 4.98 Å². The van der Waals surface area contributed by atoms with Crippen molar-refractivity contribution in [3.05, 3.63) is 93.6 Å². The highest BCUT2D eigenvalue weighted by Crippen LogP contribution is 2.41. The van der Waals surface area contributed by atoms with Crippen LogP contribution >= 0.6 is 11.6 Å². The number of rotatable bonds is 6. The number of fused-ring (bicyclic) bond motifs is 1. The molecule has 0 radical (unpaired) electrons. The summed E-state index contributed by atoms with van der Waals surface area (Å²) in [7, 11) is 0. The first-order valence-electron chi connectivity index (χ1n) is 10.0. The van der Waals surface area contributed by atoms with Crippen molar-refractivity contribution in [1.29, 1.82) is 0 Å². The third-order valence-corrected chi connectivity index (χ3v) is 5.51. The molecule has 0 fully saturated rings. The second-order valence-corrected chi connectivity index (χ2v) is 8.22. The summed E-state index contributed by atoms with van der Waals surface area (Å²) in [6.07, 6.45) is -2.74. The molecule has 0 aliphatic rings. The van der Waals surface area contributed by atoms with E-state index in [0.717, 1.165) is 28.1 Å². The van der Waals surface area contributed by atoms with E-state index in [1.165, 1.54) is 13.0 Å². The largest absolute Gasteiger partial charge is 0.481 e. The number of carboxylic acid groups (broad SMARTS) is 1. The Labute approximate surface area is 192 Å². The van der Waals surface area contributed by atoms with Crippen molar-refractivity contribution in [3.8, 4) is 11.5 Å². The number of hydrogen-bond donors (Lipinski definition) is 2. The average molecular weight is 474 g/mol. The van der Waals surface area contributed by atoms with Crippen LogP contribution in [0.2, 0.25) is 5.02 Å². The van der Waals surface area contributed by atoms with E-state index in [0.29, 0.717) is 11.4 Å². The van der Waals surface area contributed by atoms with Crippen LogP contribution in [-0.4, -0.2) is 16.1 Å². The fraction of sp³-hybridized carbons (Fsp3) is 0.160. The molecule has 2 N–H and O–H groups in total. The monoisotopic (exact) mass is 473 g/mol. The van der Waals surface area contributed by atoms with Gasteiger partial charge in [-0.05, 0) is 72.0 Å². The number of aliphatic carboxylic acids is 1. The third kappa shape index (κ3) is 5.14. The van der Waals surface area contributed by atoms with Crippen LogP contribution in [0.4, 0.5) is 13.2 Å². The summed E-state index contributed by atoms with van der Waals surface area (Å²) in [6, 6.07) is 14.7. The lowest BCUT2D eigenvalue weighted by atomic mass is 10.0. The Morgan fingerprint density at radius 3 is 2.45 bits per heavy atom. The molecule has 0 aliphatic heterocycles. The van der Waals surface area contributed by atoms with Gasteiger partial charge in [-0.2, -0.15) is 13.2 Å². The zero-order valence-electron chi connectivity index (χ0n) is 17.5. The Bertz CT molecular complexity index is 1330. The smallest absolute Gasteiger partial charge is 0.420 e. The first kappa shape index (κ1) is 22.7. The van der Waals surface area contributed by atoms with E-state index in [4.69, 9.17) is 21.4 Å². The maximum absolute atomic E-state index is 13.7. The van der Waals surface area contributed by atoms with Crippen molar-refractivity contribution in [2.24, 2.45) is 0 Å². The number of aryl methyl sites for hydroxylation is 1. The normalized spacial score (nSPS) is 11.7. The summed E-state index contributed by atoms with van der Waals surface area (Å²) >= 11 is 5.95. The molecule has 4 rings (SSSR count). The number of H-pyrrole nitrogens is 1. The lowest BCUT2D eigenvalue weighted by molar-refractivity contribution is -0.139. The number of benzene rings is 3. The van der Waals surface area contributed by atoms with Crippen LogP contribution in [0.25, 0.3) is 10.9 Å². The van der Waals surface area contributed by atoms with Gasteiger partial charge in [0.2, 0.25) is 0 Å². The number of aromatic nitrogens is 1. The van der Waals surface area contributed by atoms with Crippen LogP contribution in [0.5, 0.6) is 11.5 Å². The SMILES string of the molecule is Cc1cc(CC(=O)O)cc(C(F)(F)F)c1Oc1ccc2[nH]cc(Cc3ccc(Cl)cc3)c2c1. The molecular weight excluding hydrogens is 455 g/mol. The molecule has 0 amide bonds. The van der Waals surface area contributed by atoms with Crippen LogP contribution in [0.3, 0.4) is 0 Å². The van der Waals surface area contributed by atoms with Crippen LogP contribution < -0.4 is 4.74 Å². The van der Waals surface area contributed by atoms with Gasteiger partial charge in [-0.1, -0.05) is 29.8 Å². The minimum Gasteiger partial charge on any atom is -0.481 e. The quantitative estimate of drug-likeness (QED) is 0.312. The molecule has 1 aromatic heterocycles. The van der Waals surface area contributed by atoms with Gasteiger partial charge >= 0.3 is 12.1 Å². The molecular formula is C25H19ClF3NO3. The summed E-state index contributed by atoms with van der Waals surface area (Å²) in [4.78, 5) is 14.1. The van der Waals surface area contributed by atoms with Crippen LogP contribution in [0.15, 0.2) is 60.8 Å². The second kappa shape index (κ2) is 8.83. The van der Waals surface area contributed by atoms with Gasteiger partial charge in [0.15, 0.2) is 0 Å². The maximum Gasteiger partial charge on any atom is 0.420 e. The molecule has 0 bridgehead atoms. The summed E-state index contributed by atoms with van der Waals surface area (Å²) in [5.74, 6) is -1.30. The number of aromatic amines is 1. The minimum absolute atomic E-state index is 0.0611. The van der Waals surface area contributed by atoms with E-state index in [-0.39, 0.29) is 22.6 Å². The average Bonchev–Trinajstić information content (AvgIpc) is 3.12. The van der Waals surface area contributed by atoms with E-state index in [1.807, 2.05) is 18.3 Å². The van der Waals surface area contributed by atoms with E-state index >= 15 is 0 Å². The summed E-state index contributed by atoms with van der Waals surface area (Å²) in [6.45, 7) is 1.47. The molecule has 1 heterocycles. The number of hydrogen-bond acceptors (Lipinski definition) is 2. The number of halogens is 4. The van der Waals surface area contributed by atoms with Crippen molar-refractivity contribution in [2.45, 2.75) is 25.9 Å². The number of ether oxygens (including phenoxy) is 1. The van der Waals surface area contributed by atoms with Crippen molar-refractivity contribution < 1.29 is 27.8 Å². The summed E-state index contributed by atoms with van der Waals surface area (Å²) in [5, 5.41) is 10.4. The van der Waals surface area contributed by atoms with Gasteiger partial charge in [-0.25, -0.2) is 0 Å². The van der Waals surface area contributed by atoms with E-state index in [1.54, 1.807) is 30.3 Å². The standard InChI is InChI=1S/C25H19ClF3NO3/c1-14-8-16(11-23(31)32)10-21(25(27,28)29)24(14)33-19-6-7-22-20(12-19)17(13-30-22)9-15-2-4-18(26)5-3-15/h2-8,10,12-13,30H,9,11H2,1H3,(H,31,32). The number of carbonyl (C=O) groups is 1. The Morgan fingerprint density at radius 2 is 1.79 bits per heavy atom. The first-order chi connectivity index (χ1) is 15.6. The number of alkyl halides is 3. The van der Waals surface area contributed by atoms with Crippen molar-refractivity contribution in [2.75, 3.05) is 0 Å². The molecule has 8 heteroatoms. The highest BCUT2D eigenvalue weighted by molar-refractivity contribution is 6.30. The van der Waals surface area contributed by atoms with Gasteiger partial charge in [-0.3, -0.25) is 4.79 Å². The summed E-state index contributed by atoms with van der Waals surface area (Å²) in [5.41, 5.74) is 2.09. The van der Waals surface area contributed by atoms with Gasteiger partial charge in [0.25, 0.3) is 0 Å². The Hall–Kier alpha value is -3.45. The minimum atomic E-state index is -4.70. The molecule has 4 aromatic rings. The van der Waals surface area contributed by atoms with E-state index < -0.39 is 24.1 Å². The lowest BCUT2D eigenvalue weighted by Crippen LogP contribution is -2.11. The Kier molecular flexibility index (Phi) is 6.08. The molecule has 0 atom stereocenters. The molecule has 4 nitrogen and oxygen atoms in total. The zero-order valence-corrected chi connectivity index (χ0v) is 18.2. The maximum atomic E-state index is 13.7. The predicted octanol–water partition coefficient (Wildman–Crippen LogP) is 7.16. The van der Waals surface area contributed by atoms with Gasteiger partial charge in [-0.15, -0.1) is 0 Å². The fourth-order valence-corrected chi connectivity index (χ4v) is 3.90. The molecule has 0 unspecified atom stereocenters. The van der Waals surface area contributed by atoms with Crippen molar-refractivity contribution in [3.63, 3.8) is 0 Å². The number of nitrogens with one attached hydrogen (secondary N) is 1. The molecule has 0 aliphatic carbocycles. The lowest BCUT2D eigenvalue weighted by Gasteiger charge is -2.18. The summed E-state index contributed by atoms with van der Waals surface area (Å²) < 4.78 is 47.0. The van der Waals surface area contributed by atoms with Gasteiger partial charge < -0.3 is 14.8 Å². The van der Waals surface area contributed by atoms with Crippen LogP contribution in [-0.2, 0) is 23.8 Å². The van der Waals surface area contributed by atoms with E-state index in [9.17, 15) is 18.0 Å². The molecule has 3 aromatic carbocycles. The molecule has 0 saturated carbocycles. The first-order valence-corrected chi connectivity index (χ1v) is 10.4. The second-order valence-electron chi connectivity index (χ2n) is 7.78. The van der Waals surface area contributed by atoms with Crippen molar-refractivity contribution >= 4 is 28.5 Å². The highest BCUT2D eigenvalue weighted by atomic mass is 35.5. The van der Waals surface area contributed by atoms with Crippen LogP contribution in [0, 0.1) is 6.92 Å². The van der Waals surface area contributed by atoms with Gasteiger partial charge in [0.1, 0.15) is 11.5 Å². The molecule has 0 spiro atoms. The predicted molar refractivity (Wildman–Crippen MR) is 120 cm³/mol. The Balaban J connectivity index is 1.70. The third-order valence-electron chi connectivity index (χ3n) is 5.26. The van der Waals surface area contributed by atoms with Crippen molar-refractivity contribution in [1.82, 2.24) is 4.98 Å². The molecule has 0 saturated heterocycles. The van der Waals surface area contributed by atoms with Gasteiger partial charge in [0.05, 0.1) is 12.0 Å². The zero-order chi connectivity index (χ0) is 23.8. The number of carboxylic acids is 1. The fourth-order valence-electron chi connectivity index (χ4n) is 3.78.